The van der Waals surface area contributed by atoms with Gasteiger partial charge in [0.05, 0.1) is 13.0 Å². The molecule has 0 aliphatic heterocycles. The summed E-state index contributed by atoms with van der Waals surface area (Å²) in [7, 11) is 1.33. The predicted octanol–water partition coefficient (Wildman–Crippen LogP) is 1.73. The lowest BCUT2D eigenvalue weighted by Crippen LogP contribution is -2.41. The summed E-state index contributed by atoms with van der Waals surface area (Å²) < 4.78 is 4.69. The maximum Gasteiger partial charge on any atom is 0.323 e. The van der Waals surface area contributed by atoms with Crippen molar-refractivity contribution in [1.29, 1.82) is 0 Å². The predicted molar refractivity (Wildman–Crippen MR) is 83.8 cm³/mol. The number of hydrogen-bond donors (Lipinski definition) is 1. The zero-order valence-corrected chi connectivity index (χ0v) is 13.9. The monoisotopic (exact) mass is 319 g/mol. The third kappa shape index (κ3) is 8.39. The molecule has 0 aromatic carbocycles. The van der Waals surface area contributed by atoms with Crippen LogP contribution in [0.4, 0.5) is 0 Å². The Bertz CT molecular complexity index is 383. The highest BCUT2D eigenvalue weighted by Crippen LogP contribution is 2.10. The van der Waals surface area contributed by atoms with Gasteiger partial charge in [-0.3, -0.25) is 19.7 Å². The van der Waals surface area contributed by atoms with Crippen LogP contribution in [0.1, 0.15) is 33.6 Å². The molecule has 114 valence electrons. The zero-order chi connectivity index (χ0) is 15.7. The molecule has 0 amide bonds. The van der Waals surface area contributed by atoms with E-state index in [4.69, 9.17) is 12.2 Å². The summed E-state index contributed by atoms with van der Waals surface area (Å²) in [5.74, 6) is -0.0204. The molecule has 1 unspecified atom stereocenters. The fraction of sp³-hybridized carbons (Fsp3) is 0.692. The van der Waals surface area contributed by atoms with E-state index in [0.29, 0.717) is 10.7 Å². The van der Waals surface area contributed by atoms with Crippen LogP contribution in [-0.2, 0) is 19.1 Å². The molecule has 0 aromatic heterocycles. The van der Waals surface area contributed by atoms with Crippen LogP contribution in [0.15, 0.2) is 0 Å². The topological polar surface area (TPSA) is 72.5 Å². The van der Waals surface area contributed by atoms with Crippen LogP contribution in [0.2, 0.25) is 0 Å². The van der Waals surface area contributed by atoms with Gasteiger partial charge in [0.1, 0.15) is 11.8 Å². The summed E-state index contributed by atoms with van der Waals surface area (Å²) in [6, 6.07) is -0.440. The fourth-order valence-electron chi connectivity index (χ4n) is 1.48. The van der Waals surface area contributed by atoms with Gasteiger partial charge in [-0.2, -0.15) is 0 Å². The molecule has 0 aliphatic carbocycles. The SMILES string of the molecule is COC(=O)C(NCSC(=O)CC(=S)CC(C)=O)C(C)C. The maximum absolute atomic E-state index is 11.6. The van der Waals surface area contributed by atoms with E-state index in [1.165, 1.54) is 14.0 Å². The van der Waals surface area contributed by atoms with Crippen molar-refractivity contribution in [2.75, 3.05) is 13.0 Å². The number of thiocarbonyl (C=S) groups is 1. The van der Waals surface area contributed by atoms with Crippen LogP contribution in [0.25, 0.3) is 0 Å². The van der Waals surface area contributed by atoms with Gasteiger partial charge < -0.3 is 4.74 Å². The van der Waals surface area contributed by atoms with Gasteiger partial charge in [-0.1, -0.05) is 37.8 Å². The second-order valence-corrected chi connectivity index (χ2v) is 6.31. The molecule has 0 rings (SSSR count). The molecule has 0 aromatic rings. The van der Waals surface area contributed by atoms with Gasteiger partial charge in [0.2, 0.25) is 0 Å². The smallest absolute Gasteiger partial charge is 0.323 e. The highest BCUT2D eigenvalue weighted by Gasteiger charge is 2.22. The second-order valence-electron chi connectivity index (χ2n) is 4.70. The summed E-state index contributed by atoms with van der Waals surface area (Å²) in [5.41, 5.74) is 0. The quantitative estimate of drug-likeness (QED) is 0.394. The van der Waals surface area contributed by atoms with E-state index in [9.17, 15) is 14.4 Å². The molecule has 20 heavy (non-hydrogen) atoms. The third-order valence-corrected chi connectivity index (χ3v) is 3.51. The molecule has 0 heterocycles. The Morgan fingerprint density at radius 3 is 2.30 bits per heavy atom. The molecule has 0 saturated carbocycles. The van der Waals surface area contributed by atoms with Crippen molar-refractivity contribution in [3.63, 3.8) is 0 Å². The highest BCUT2D eigenvalue weighted by atomic mass is 32.2. The first-order valence-electron chi connectivity index (χ1n) is 6.25. The Morgan fingerprint density at radius 2 is 1.85 bits per heavy atom. The molecular formula is C13H21NO4S2. The van der Waals surface area contributed by atoms with Gasteiger partial charge >= 0.3 is 5.97 Å². The Balaban J connectivity index is 4.09. The van der Waals surface area contributed by atoms with Crippen LogP contribution in [0.3, 0.4) is 0 Å². The van der Waals surface area contributed by atoms with Crippen LogP contribution < -0.4 is 5.32 Å². The van der Waals surface area contributed by atoms with Crippen LogP contribution in [0.5, 0.6) is 0 Å². The van der Waals surface area contributed by atoms with Gasteiger partial charge in [-0.25, -0.2) is 0 Å². The molecule has 0 radical (unpaired) electrons. The average Bonchev–Trinajstić information content (AvgIpc) is 2.32. The summed E-state index contributed by atoms with van der Waals surface area (Å²) in [6.07, 6.45) is 0.262. The zero-order valence-electron chi connectivity index (χ0n) is 12.2. The van der Waals surface area contributed by atoms with Crippen LogP contribution in [-0.4, -0.2) is 40.8 Å². The number of nitrogens with one attached hydrogen (secondary N) is 1. The van der Waals surface area contributed by atoms with E-state index in [0.717, 1.165) is 11.8 Å². The summed E-state index contributed by atoms with van der Waals surface area (Å²) in [6.45, 7) is 5.22. The number of ether oxygens (including phenoxy) is 1. The highest BCUT2D eigenvalue weighted by molar-refractivity contribution is 8.13. The minimum absolute atomic E-state index is 0.0449. The van der Waals surface area contributed by atoms with Crippen molar-refractivity contribution in [3.8, 4) is 0 Å². The molecule has 0 aliphatic rings. The Kier molecular flexibility index (Phi) is 9.62. The molecule has 0 saturated heterocycles. The van der Waals surface area contributed by atoms with E-state index >= 15 is 0 Å². The van der Waals surface area contributed by atoms with Crippen molar-refractivity contribution in [3.05, 3.63) is 0 Å². The lowest BCUT2D eigenvalue weighted by atomic mass is 10.1. The van der Waals surface area contributed by atoms with Crippen LogP contribution in [0, 0.1) is 5.92 Å². The number of Topliss-reactive ketones (excluding diaryl/α,β-unsaturated/α-hetero) is 1. The Morgan fingerprint density at radius 1 is 1.25 bits per heavy atom. The Hall–Kier alpha value is -0.790. The van der Waals surface area contributed by atoms with Crippen molar-refractivity contribution in [1.82, 2.24) is 5.32 Å². The van der Waals surface area contributed by atoms with E-state index in [-0.39, 0.29) is 35.6 Å². The Labute approximate surface area is 129 Å². The summed E-state index contributed by atoms with van der Waals surface area (Å²) in [5, 5.41) is 2.86. The molecule has 5 nitrogen and oxygen atoms in total. The number of methoxy groups -OCH3 is 1. The van der Waals surface area contributed by atoms with Crippen LogP contribution >= 0.6 is 24.0 Å². The molecule has 0 bridgehead atoms. The van der Waals surface area contributed by atoms with E-state index < -0.39 is 6.04 Å². The minimum atomic E-state index is -0.440. The average molecular weight is 319 g/mol. The van der Waals surface area contributed by atoms with E-state index in [2.05, 4.69) is 10.1 Å². The maximum atomic E-state index is 11.6. The lowest BCUT2D eigenvalue weighted by Gasteiger charge is -2.19. The number of esters is 1. The molecule has 0 spiro atoms. The van der Waals surface area contributed by atoms with Crippen molar-refractivity contribution in [2.24, 2.45) is 5.92 Å². The van der Waals surface area contributed by atoms with Gasteiger partial charge in [-0.05, 0) is 12.8 Å². The van der Waals surface area contributed by atoms with Gasteiger partial charge in [0.15, 0.2) is 5.12 Å². The third-order valence-electron chi connectivity index (χ3n) is 2.45. The number of hydrogen-bond acceptors (Lipinski definition) is 7. The molecule has 0 fully saturated rings. The molecule has 1 atom stereocenters. The number of carbonyl (C=O) groups excluding carboxylic acids is 3. The first kappa shape index (κ1) is 19.2. The molecule has 7 heteroatoms. The normalized spacial score (nSPS) is 12.1. The number of rotatable bonds is 9. The largest absolute Gasteiger partial charge is 0.468 e. The standard InChI is InChI=1S/C13H21NO4S2/c1-8(2)12(13(17)18-4)14-7-20-11(16)6-10(19)5-9(3)15/h8,12,14H,5-7H2,1-4H3. The minimum Gasteiger partial charge on any atom is -0.468 e. The van der Waals surface area contributed by atoms with Crippen molar-refractivity contribution in [2.45, 2.75) is 39.7 Å². The van der Waals surface area contributed by atoms with Crippen molar-refractivity contribution >= 4 is 45.7 Å². The summed E-state index contributed by atoms with van der Waals surface area (Å²) in [4.78, 5) is 34.4. The number of thioether (sulfide) groups is 1. The summed E-state index contributed by atoms with van der Waals surface area (Å²) >= 11 is 6.01. The number of ketones is 1. The first-order chi connectivity index (χ1) is 9.27. The van der Waals surface area contributed by atoms with Gasteiger partial charge in [0.25, 0.3) is 0 Å². The molecule has 1 N–H and O–H groups in total. The van der Waals surface area contributed by atoms with E-state index in [1.54, 1.807) is 0 Å². The first-order valence-corrected chi connectivity index (χ1v) is 7.65. The van der Waals surface area contributed by atoms with Crippen molar-refractivity contribution < 1.29 is 19.1 Å². The lowest BCUT2D eigenvalue weighted by molar-refractivity contribution is -0.144. The van der Waals surface area contributed by atoms with E-state index in [1.807, 2.05) is 13.8 Å². The fourth-order valence-corrected chi connectivity index (χ4v) is 2.61. The second kappa shape index (κ2) is 10.0. The van der Waals surface area contributed by atoms with Gasteiger partial charge in [0, 0.05) is 17.7 Å². The number of carbonyl (C=O) groups is 3. The van der Waals surface area contributed by atoms with Gasteiger partial charge in [-0.15, -0.1) is 0 Å². The molecular weight excluding hydrogens is 298 g/mol.